The molecule has 0 bridgehead atoms. The summed E-state index contributed by atoms with van der Waals surface area (Å²) in [6, 6.07) is 8.48. The van der Waals surface area contributed by atoms with Crippen LogP contribution in [-0.2, 0) is 6.54 Å². The number of nitrogens with one attached hydrogen (secondary N) is 1. The average Bonchev–Trinajstić information content (AvgIpc) is 2.85. The summed E-state index contributed by atoms with van der Waals surface area (Å²) in [7, 11) is 0. The van der Waals surface area contributed by atoms with E-state index < -0.39 is 0 Å². The van der Waals surface area contributed by atoms with Gasteiger partial charge >= 0.3 is 0 Å². The van der Waals surface area contributed by atoms with Crippen molar-refractivity contribution in [1.29, 1.82) is 0 Å². The van der Waals surface area contributed by atoms with Gasteiger partial charge in [0.15, 0.2) is 0 Å². The molecule has 2 rings (SSSR count). The summed E-state index contributed by atoms with van der Waals surface area (Å²) in [6.45, 7) is 5.27. The van der Waals surface area contributed by atoms with Gasteiger partial charge in [0, 0.05) is 16.8 Å². The van der Waals surface area contributed by atoms with Gasteiger partial charge < -0.3 is 10.4 Å². The van der Waals surface area contributed by atoms with Crippen LogP contribution in [0.15, 0.2) is 29.6 Å². The molecular formula is C15H21NOS. The molecule has 1 aromatic carbocycles. The summed E-state index contributed by atoms with van der Waals surface area (Å²) in [6.07, 6.45) is 1.89. The molecule has 0 atom stereocenters. The fourth-order valence-electron chi connectivity index (χ4n) is 2.23. The lowest BCUT2D eigenvalue weighted by atomic mass is 9.93. The minimum Gasteiger partial charge on any atom is -0.394 e. The summed E-state index contributed by atoms with van der Waals surface area (Å²) >= 11 is 1.78. The van der Waals surface area contributed by atoms with Crippen molar-refractivity contribution in [2.75, 3.05) is 6.61 Å². The van der Waals surface area contributed by atoms with Crippen LogP contribution in [0.2, 0.25) is 0 Å². The molecule has 1 aromatic heterocycles. The third-order valence-electron chi connectivity index (χ3n) is 3.87. The Bertz CT molecular complexity index is 494. The maximum atomic E-state index is 9.56. The quantitative estimate of drug-likeness (QED) is 0.835. The smallest absolute Gasteiger partial charge is 0.0613 e. The summed E-state index contributed by atoms with van der Waals surface area (Å²) in [5.41, 5.74) is 1.19. The van der Waals surface area contributed by atoms with Crippen molar-refractivity contribution < 1.29 is 5.11 Å². The van der Waals surface area contributed by atoms with Gasteiger partial charge in [-0.15, -0.1) is 11.3 Å². The minimum atomic E-state index is -0.136. The zero-order valence-corrected chi connectivity index (χ0v) is 11.9. The fraction of sp³-hybridized carbons (Fsp3) is 0.467. The molecule has 0 aliphatic heterocycles. The number of fused-ring (bicyclic) bond motifs is 1. The predicted molar refractivity (Wildman–Crippen MR) is 79.1 cm³/mol. The highest BCUT2D eigenvalue weighted by atomic mass is 32.1. The standard InChI is InChI=1S/C15H21NOS/c1-3-15(4-2,11-17)16-9-12-10-18-14-8-6-5-7-13(12)14/h5-8,10,16-17H,3-4,9,11H2,1-2H3. The Balaban J connectivity index is 2.14. The van der Waals surface area contributed by atoms with Crippen molar-refractivity contribution in [3.63, 3.8) is 0 Å². The van der Waals surface area contributed by atoms with Crippen molar-refractivity contribution in [1.82, 2.24) is 5.32 Å². The van der Waals surface area contributed by atoms with Gasteiger partial charge in [-0.05, 0) is 35.2 Å². The first-order chi connectivity index (χ1) is 8.74. The van der Waals surface area contributed by atoms with Crippen molar-refractivity contribution in [2.24, 2.45) is 0 Å². The summed E-state index contributed by atoms with van der Waals surface area (Å²) in [5, 5.41) is 16.6. The molecule has 0 radical (unpaired) electrons. The van der Waals surface area contributed by atoms with Gasteiger partial charge in [0.25, 0.3) is 0 Å². The molecule has 2 aromatic rings. The second kappa shape index (κ2) is 5.83. The van der Waals surface area contributed by atoms with E-state index in [1.165, 1.54) is 15.6 Å². The Morgan fingerprint density at radius 3 is 2.61 bits per heavy atom. The molecule has 0 aliphatic carbocycles. The van der Waals surface area contributed by atoms with E-state index in [1.807, 2.05) is 0 Å². The van der Waals surface area contributed by atoms with Crippen LogP contribution in [0.3, 0.4) is 0 Å². The highest BCUT2D eigenvalue weighted by molar-refractivity contribution is 7.17. The van der Waals surface area contributed by atoms with Gasteiger partial charge in [0.05, 0.1) is 6.61 Å². The van der Waals surface area contributed by atoms with Gasteiger partial charge in [-0.1, -0.05) is 32.0 Å². The molecule has 18 heavy (non-hydrogen) atoms. The normalized spacial score (nSPS) is 12.2. The van der Waals surface area contributed by atoms with Gasteiger partial charge in [0.1, 0.15) is 0 Å². The zero-order chi connectivity index (χ0) is 13.0. The maximum absolute atomic E-state index is 9.56. The topological polar surface area (TPSA) is 32.3 Å². The first kappa shape index (κ1) is 13.5. The molecule has 0 saturated heterocycles. The van der Waals surface area contributed by atoms with E-state index >= 15 is 0 Å². The Kier molecular flexibility index (Phi) is 4.38. The molecule has 0 fully saturated rings. The van der Waals surface area contributed by atoms with E-state index in [2.05, 4.69) is 48.8 Å². The number of hydrogen-bond acceptors (Lipinski definition) is 3. The molecule has 1 heterocycles. The van der Waals surface area contributed by atoms with Crippen LogP contribution in [0.5, 0.6) is 0 Å². The number of aliphatic hydroxyl groups is 1. The van der Waals surface area contributed by atoms with E-state index in [-0.39, 0.29) is 12.1 Å². The molecule has 2 N–H and O–H groups in total. The van der Waals surface area contributed by atoms with Gasteiger partial charge in [-0.25, -0.2) is 0 Å². The summed E-state index contributed by atoms with van der Waals surface area (Å²) in [4.78, 5) is 0. The molecule has 3 heteroatoms. The molecule has 98 valence electrons. The van der Waals surface area contributed by atoms with E-state index in [9.17, 15) is 5.11 Å². The third-order valence-corrected chi connectivity index (χ3v) is 4.88. The van der Waals surface area contributed by atoms with Crippen LogP contribution in [0.1, 0.15) is 32.3 Å². The average molecular weight is 263 g/mol. The van der Waals surface area contributed by atoms with Gasteiger partial charge in [-0.2, -0.15) is 0 Å². The summed E-state index contributed by atoms with van der Waals surface area (Å²) in [5.74, 6) is 0. The lowest BCUT2D eigenvalue weighted by Gasteiger charge is -2.30. The van der Waals surface area contributed by atoms with Crippen LogP contribution in [0.25, 0.3) is 10.1 Å². The fourth-order valence-corrected chi connectivity index (χ4v) is 3.19. The molecule has 2 nitrogen and oxygen atoms in total. The molecule has 0 amide bonds. The van der Waals surface area contributed by atoms with E-state index in [4.69, 9.17) is 0 Å². The van der Waals surface area contributed by atoms with Crippen LogP contribution >= 0.6 is 11.3 Å². The molecule has 0 spiro atoms. The SMILES string of the molecule is CCC(CC)(CO)NCc1csc2ccccc12. The number of aliphatic hydroxyl groups excluding tert-OH is 1. The molecular weight excluding hydrogens is 242 g/mol. The third kappa shape index (κ3) is 2.58. The van der Waals surface area contributed by atoms with E-state index in [1.54, 1.807) is 11.3 Å². The van der Waals surface area contributed by atoms with E-state index in [0.29, 0.717) is 0 Å². The highest BCUT2D eigenvalue weighted by Gasteiger charge is 2.24. The highest BCUT2D eigenvalue weighted by Crippen LogP contribution is 2.26. The number of hydrogen-bond donors (Lipinski definition) is 2. The Morgan fingerprint density at radius 1 is 1.22 bits per heavy atom. The largest absolute Gasteiger partial charge is 0.394 e. The maximum Gasteiger partial charge on any atom is 0.0613 e. The Morgan fingerprint density at radius 2 is 1.94 bits per heavy atom. The first-order valence-corrected chi connectivity index (χ1v) is 7.43. The van der Waals surface area contributed by atoms with Crippen molar-refractivity contribution in [2.45, 2.75) is 38.8 Å². The zero-order valence-electron chi connectivity index (χ0n) is 11.1. The van der Waals surface area contributed by atoms with Crippen LogP contribution in [-0.4, -0.2) is 17.3 Å². The molecule has 0 saturated carbocycles. The lowest BCUT2D eigenvalue weighted by Crippen LogP contribution is -2.46. The van der Waals surface area contributed by atoms with Crippen LogP contribution in [0.4, 0.5) is 0 Å². The van der Waals surface area contributed by atoms with Gasteiger partial charge in [0.2, 0.25) is 0 Å². The Hall–Kier alpha value is -0.900. The number of thiophene rings is 1. The second-order valence-electron chi connectivity index (χ2n) is 4.76. The van der Waals surface area contributed by atoms with Crippen molar-refractivity contribution in [3.8, 4) is 0 Å². The number of benzene rings is 1. The minimum absolute atomic E-state index is 0.136. The summed E-state index contributed by atoms with van der Waals surface area (Å²) < 4.78 is 1.33. The number of rotatable bonds is 6. The predicted octanol–water partition coefficient (Wildman–Crippen LogP) is 3.54. The van der Waals surface area contributed by atoms with Gasteiger partial charge in [-0.3, -0.25) is 0 Å². The lowest BCUT2D eigenvalue weighted by molar-refractivity contribution is 0.149. The molecule has 0 unspecified atom stereocenters. The van der Waals surface area contributed by atoms with Crippen LogP contribution in [0, 0.1) is 0 Å². The second-order valence-corrected chi connectivity index (χ2v) is 5.67. The molecule has 0 aliphatic rings. The van der Waals surface area contributed by atoms with Crippen LogP contribution < -0.4 is 5.32 Å². The van der Waals surface area contributed by atoms with Crippen molar-refractivity contribution >= 4 is 21.4 Å². The van der Waals surface area contributed by atoms with Crippen molar-refractivity contribution in [3.05, 3.63) is 35.2 Å². The monoisotopic (exact) mass is 263 g/mol. The first-order valence-electron chi connectivity index (χ1n) is 6.55. The Labute approximate surface area is 113 Å². The van der Waals surface area contributed by atoms with E-state index in [0.717, 1.165) is 19.4 Å².